The summed E-state index contributed by atoms with van der Waals surface area (Å²) in [4.78, 5) is 13.0. The van der Waals surface area contributed by atoms with Gasteiger partial charge in [-0.1, -0.05) is 18.2 Å². The van der Waals surface area contributed by atoms with Crippen molar-refractivity contribution < 1.29 is 9.53 Å². The minimum Gasteiger partial charge on any atom is -0.483 e. The summed E-state index contributed by atoms with van der Waals surface area (Å²) in [6.45, 7) is 5.66. The maximum Gasteiger partial charge on any atom is 0.262 e. The van der Waals surface area contributed by atoms with Gasteiger partial charge in [0.25, 0.3) is 5.91 Å². The number of aryl methyl sites for hydroxylation is 2. The number of nitrogens with zero attached hydrogens (tertiary/aromatic N) is 1. The van der Waals surface area contributed by atoms with Crippen LogP contribution in [0.3, 0.4) is 0 Å². The van der Waals surface area contributed by atoms with Gasteiger partial charge in [-0.2, -0.15) is 5.26 Å². The molecule has 2 rings (SSSR count). The lowest BCUT2D eigenvalue weighted by molar-refractivity contribution is -0.118. The van der Waals surface area contributed by atoms with Crippen LogP contribution < -0.4 is 10.1 Å². The lowest BCUT2D eigenvalue weighted by Crippen LogP contribution is -2.20. The molecule has 0 radical (unpaired) electrons. The number of nitriles is 1. The van der Waals surface area contributed by atoms with Crippen LogP contribution in [0.5, 0.6) is 5.75 Å². The molecule has 1 aromatic carbocycles. The van der Waals surface area contributed by atoms with Crippen LogP contribution in [0, 0.1) is 32.1 Å². The molecular formula is C16H16N2O2S. The monoisotopic (exact) mass is 300 g/mol. The van der Waals surface area contributed by atoms with Crippen LogP contribution in [-0.2, 0) is 4.79 Å². The highest BCUT2D eigenvalue weighted by Gasteiger charge is 2.14. The molecule has 0 spiro atoms. The van der Waals surface area contributed by atoms with E-state index >= 15 is 0 Å². The normalized spacial score (nSPS) is 10.0. The lowest BCUT2D eigenvalue weighted by atomic mass is 10.2. The fourth-order valence-corrected chi connectivity index (χ4v) is 2.90. The molecule has 0 atom stereocenters. The second-order valence-electron chi connectivity index (χ2n) is 4.70. The number of para-hydroxylation sites is 1. The summed E-state index contributed by atoms with van der Waals surface area (Å²) in [5.74, 6) is 0.419. The van der Waals surface area contributed by atoms with E-state index in [9.17, 15) is 4.79 Å². The number of nitrogens with one attached hydrogen (secondary N) is 1. The van der Waals surface area contributed by atoms with Crippen LogP contribution in [0.15, 0.2) is 24.3 Å². The molecule has 4 nitrogen and oxygen atoms in total. The minimum absolute atomic E-state index is 0.0777. The summed E-state index contributed by atoms with van der Waals surface area (Å²) in [5.41, 5.74) is 2.42. The smallest absolute Gasteiger partial charge is 0.262 e. The molecule has 1 amide bonds. The van der Waals surface area contributed by atoms with Crippen molar-refractivity contribution in [3.05, 3.63) is 45.8 Å². The molecule has 1 heterocycles. The van der Waals surface area contributed by atoms with E-state index in [0.717, 1.165) is 16.0 Å². The number of benzene rings is 1. The quantitative estimate of drug-likeness (QED) is 0.939. The van der Waals surface area contributed by atoms with Crippen molar-refractivity contribution in [1.29, 1.82) is 5.26 Å². The number of carbonyl (C=O) groups excluding carboxylic acids is 1. The van der Waals surface area contributed by atoms with Gasteiger partial charge in [-0.05, 0) is 38.0 Å². The summed E-state index contributed by atoms with van der Waals surface area (Å²) >= 11 is 1.41. The van der Waals surface area contributed by atoms with E-state index in [2.05, 4.69) is 11.4 Å². The van der Waals surface area contributed by atoms with Crippen molar-refractivity contribution >= 4 is 22.2 Å². The lowest BCUT2D eigenvalue weighted by Gasteiger charge is -2.08. The molecule has 21 heavy (non-hydrogen) atoms. The number of hydrogen-bond donors (Lipinski definition) is 1. The van der Waals surface area contributed by atoms with E-state index in [4.69, 9.17) is 10.00 Å². The Labute approximate surface area is 128 Å². The predicted octanol–water partition coefficient (Wildman–Crippen LogP) is 3.56. The molecular weight excluding hydrogens is 284 g/mol. The number of thiophene rings is 1. The Hall–Kier alpha value is -2.32. The van der Waals surface area contributed by atoms with Crippen LogP contribution in [-0.4, -0.2) is 12.5 Å². The highest BCUT2D eigenvalue weighted by atomic mass is 32.1. The van der Waals surface area contributed by atoms with Crippen LogP contribution in [0.1, 0.15) is 21.6 Å². The summed E-state index contributed by atoms with van der Waals surface area (Å²) in [5, 5.41) is 12.5. The number of carbonyl (C=O) groups is 1. The van der Waals surface area contributed by atoms with Gasteiger partial charge in [0.1, 0.15) is 16.8 Å². The average Bonchev–Trinajstić information content (AvgIpc) is 2.72. The van der Waals surface area contributed by atoms with Gasteiger partial charge in [0.15, 0.2) is 6.61 Å². The predicted molar refractivity (Wildman–Crippen MR) is 83.8 cm³/mol. The Morgan fingerprint density at radius 1 is 1.33 bits per heavy atom. The van der Waals surface area contributed by atoms with Gasteiger partial charge in [0.2, 0.25) is 0 Å². The van der Waals surface area contributed by atoms with E-state index in [-0.39, 0.29) is 12.5 Å². The van der Waals surface area contributed by atoms with Gasteiger partial charge in [-0.15, -0.1) is 11.3 Å². The Bertz CT molecular complexity index is 714. The van der Waals surface area contributed by atoms with E-state index in [0.29, 0.717) is 16.3 Å². The zero-order valence-electron chi connectivity index (χ0n) is 12.2. The topological polar surface area (TPSA) is 62.1 Å². The number of amides is 1. The highest BCUT2D eigenvalue weighted by Crippen LogP contribution is 2.31. The van der Waals surface area contributed by atoms with E-state index in [1.54, 1.807) is 0 Å². The van der Waals surface area contributed by atoms with Crippen LogP contribution in [0.2, 0.25) is 0 Å². The summed E-state index contributed by atoms with van der Waals surface area (Å²) in [6, 6.07) is 9.65. The first kappa shape index (κ1) is 15.1. The number of rotatable bonds is 4. The largest absolute Gasteiger partial charge is 0.483 e. The molecule has 1 aromatic heterocycles. The molecule has 0 saturated heterocycles. The third kappa shape index (κ3) is 3.41. The van der Waals surface area contributed by atoms with Crippen LogP contribution in [0.4, 0.5) is 5.00 Å². The van der Waals surface area contributed by atoms with Gasteiger partial charge in [-0.25, -0.2) is 0 Å². The highest BCUT2D eigenvalue weighted by molar-refractivity contribution is 7.16. The van der Waals surface area contributed by atoms with E-state index in [1.807, 2.05) is 45.0 Å². The average molecular weight is 300 g/mol. The molecule has 0 saturated carbocycles. The maximum atomic E-state index is 11.9. The molecule has 5 heteroatoms. The van der Waals surface area contributed by atoms with Gasteiger partial charge >= 0.3 is 0 Å². The second kappa shape index (κ2) is 6.42. The SMILES string of the molecule is Cc1ccccc1OCC(=O)Nc1sc(C)c(C)c1C#N. The Kier molecular flexibility index (Phi) is 4.61. The Morgan fingerprint density at radius 2 is 2.05 bits per heavy atom. The Balaban J connectivity index is 2.02. The van der Waals surface area contributed by atoms with Crippen molar-refractivity contribution in [3.8, 4) is 11.8 Å². The minimum atomic E-state index is -0.268. The molecule has 0 aliphatic heterocycles. The fourth-order valence-electron chi connectivity index (χ4n) is 1.87. The number of ether oxygens (including phenoxy) is 1. The fraction of sp³-hybridized carbons (Fsp3) is 0.250. The first-order chi connectivity index (χ1) is 10.0. The zero-order valence-corrected chi connectivity index (χ0v) is 13.0. The molecule has 0 aliphatic rings. The molecule has 0 fully saturated rings. The van der Waals surface area contributed by atoms with Crippen molar-refractivity contribution in [2.24, 2.45) is 0 Å². The summed E-state index contributed by atoms with van der Waals surface area (Å²) in [7, 11) is 0. The third-order valence-electron chi connectivity index (χ3n) is 3.20. The van der Waals surface area contributed by atoms with Gasteiger partial charge in [0, 0.05) is 4.88 Å². The molecule has 0 bridgehead atoms. The molecule has 2 aromatic rings. The second-order valence-corrected chi connectivity index (χ2v) is 5.93. The summed E-state index contributed by atoms with van der Waals surface area (Å²) in [6.07, 6.45) is 0. The maximum absolute atomic E-state index is 11.9. The molecule has 0 unspecified atom stereocenters. The zero-order chi connectivity index (χ0) is 15.4. The number of anilines is 1. The number of hydrogen-bond acceptors (Lipinski definition) is 4. The Morgan fingerprint density at radius 3 is 2.71 bits per heavy atom. The van der Waals surface area contributed by atoms with Gasteiger partial charge in [-0.3, -0.25) is 4.79 Å². The van der Waals surface area contributed by atoms with Crippen molar-refractivity contribution in [1.82, 2.24) is 0 Å². The van der Waals surface area contributed by atoms with Crippen molar-refractivity contribution in [2.75, 3.05) is 11.9 Å². The van der Waals surface area contributed by atoms with Gasteiger partial charge < -0.3 is 10.1 Å². The summed E-state index contributed by atoms with van der Waals surface area (Å²) < 4.78 is 5.49. The van der Waals surface area contributed by atoms with Crippen molar-refractivity contribution in [3.63, 3.8) is 0 Å². The first-order valence-corrected chi connectivity index (χ1v) is 7.33. The third-order valence-corrected chi connectivity index (χ3v) is 4.33. The van der Waals surface area contributed by atoms with Crippen molar-refractivity contribution in [2.45, 2.75) is 20.8 Å². The standard InChI is InChI=1S/C16H16N2O2S/c1-10-6-4-5-7-14(10)20-9-15(19)18-16-13(8-17)11(2)12(3)21-16/h4-7H,9H2,1-3H3,(H,18,19). The molecule has 108 valence electrons. The first-order valence-electron chi connectivity index (χ1n) is 6.51. The van der Waals surface area contributed by atoms with E-state index in [1.165, 1.54) is 11.3 Å². The van der Waals surface area contributed by atoms with Crippen LogP contribution in [0.25, 0.3) is 0 Å². The molecule has 0 aliphatic carbocycles. The van der Waals surface area contributed by atoms with Gasteiger partial charge in [0.05, 0.1) is 5.56 Å². The molecule has 1 N–H and O–H groups in total. The van der Waals surface area contributed by atoms with Crippen LogP contribution >= 0.6 is 11.3 Å². The van der Waals surface area contributed by atoms with E-state index < -0.39 is 0 Å².